The first-order valence-electron chi connectivity index (χ1n) is 8.41. The van der Waals surface area contributed by atoms with Crippen LogP contribution in [0.25, 0.3) is 0 Å². The summed E-state index contributed by atoms with van der Waals surface area (Å²) in [6, 6.07) is 9.88. The van der Waals surface area contributed by atoms with Gasteiger partial charge in [0.15, 0.2) is 0 Å². The molecule has 0 bridgehead atoms. The van der Waals surface area contributed by atoms with Gasteiger partial charge in [0.2, 0.25) is 17.7 Å². The molecule has 3 aromatic rings. The predicted octanol–water partition coefficient (Wildman–Crippen LogP) is 1.48. The van der Waals surface area contributed by atoms with Gasteiger partial charge in [-0.2, -0.15) is 4.98 Å². The number of nitrogens with zero attached hydrogens (tertiary/aromatic N) is 5. The number of aromatic nitrogens is 4. The lowest BCUT2D eigenvalue weighted by molar-refractivity contribution is 0.0987. The number of benzene rings is 1. The number of carbonyl (C=O) groups excluding carboxylic acids is 1. The molecule has 1 aliphatic rings. The number of rotatable bonds is 6. The van der Waals surface area contributed by atoms with E-state index in [0.29, 0.717) is 30.6 Å². The summed E-state index contributed by atoms with van der Waals surface area (Å²) < 4.78 is 11.0. The highest BCUT2D eigenvalue weighted by Crippen LogP contribution is 2.32. The van der Waals surface area contributed by atoms with Crippen molar-refractivity contribution in [3.63, 3.8) is 0 Å². The minimum absolute atomic E-state index is 0.0833. The van der Waals surface area contributed by atoms with Crippen LogP contribution in [0.1, 0.15) is 52.7 Å². The zero-order valence-corrected chi connectivity index (χ0v) is 14.0. The summed E-state index contributed by atoms with van der Waals surface area (Å²) in [7, 11) is 0. The van der Waals surface area contributed by atoms with Gasteiger partial charge in [-0.3, -0.25) is 9.69 Å². The molecule has 4 rings (SSSR count). The second-order valence-corrected chi connectivity index (χ2v) is 6.20. The zero-order valence-electron chi connectivity index (χ0n) is 14.0. The van der Waals surface area contributed by atoms with Crippen molar-refractivity contribution in [1.82, 2.24) is 25.2 Å². The smallest absolute Gasteiger partial charge is 0.290 e. The Bertz CT molecular complexity index is 891. The third-order valence-electron chi connectivity index (χ3n) is 4.36. The molecule has 0 saturated carbocycles. The van der Waals surface area contributed by atoms with Crippen LogP contribution < -0.4 is 5.73 Å². The number of primary amides is 1. The van der Waals surface area contributed by atoms with Crippen molar-refractivity contribution >= 4 is 5.91 Å². The highest BCUT2D eigenvalue weighted by atomic mass is 16.5. The molecule has 0 radical (unpaired) electrons. The maximum atomic E-state index is 11.1. The van der Waals surface area contributed by atoms with Gasteiger partial charge in [0.1, 0.15) is 0 Å². The molecule has 2 aromatic heterocycles. The van der Waals surface area contributed by atoms with Crippen molar-refractivity contribution < 1.29 is 13.7 Å². The Morgan fingerprint density at radius 2 is 2.04 bits per heavy atom. The maximum Gasteiger partial charge on any atom is 0.290 e. The Hall–Kier alpha value is -3.07. The average Bonchev–Trinajstić information content (AvgIpc) is 3.37. The molecule has 0 unspecified atom stereocenters. The van der Waals surface area contributed by atoms with Crippen LogP contribution in [0.5, 0.6) is 0 Å². The fourth-order valence-corrected chi connectivity index (χ4v) is 3.13. The molecule has 134 valence electrons. The summed E-state index contributed by atoms with van der Waals surface area (Å²) in [5, 5.41) is 11.9. The first kappa shape index (κ1) is 16.4. The van der Waals surface area contributed by atoms with Gasteiger partial charge in [0.05, 0.1) is 19.0 Å². The van der Waals surface area contributed by atoms with Crippen LogP contribution in [0.2, 0.25) is 0 Å². The molecule has 26 heavy (non-hydrogen) atoms. The maximum absolute atomic E-state index is 11.1. The summed E-state index contributed by atoms with van der Waals surface area (Å²) in [6.45, 7) is 1.33. The van der Waals surface area contributed by atoms with Crippen molar-refractivity contribution in [2.45, 2.75) is 31.8 Å². The standard InChI is InChI=1S/C17H18N6O3/c18-15(24)16-19-17(26-22-16)12-7-4-8-23(12)10-14-21-20-13(25-14)9-11-5-2-1-3-6-11/h1-3,5-6,12H,4,7-10H2,(H2,18,24)/t12-/m1/s1. The number of amides is 1. The Morgan fingerprint density at radius 1 is 1.23 bits per heavy atom. The Balaban J connectivity index is 1.43. The average molecular weight is 354 g/mol. The van der Waals surface area contributed by atoms with Crippen molar-refractivity contribution in [1.29, 1.82) is 0 Å². The Labute approximate surface area is 149 Å². The van der Waals surface area contributed by atoms with Crippen LogP contribution in [0.15, 0.2) is 39.3 Å². The van der Waals surface area contributed by atoms with E-state index in [4.69, 9.17) is 14.7 Å². The molecule has 9 heteroatoms. The molecule has 1 fully saturated rings. The lowest BCUT2D eigenvalue weighted by Gasteiger charge is -2.19. The number of hydrogen-bond acceptors (Lipinski definition) is 8. The largest absolute Gasteiger partial charge is 0.424 e. The van der Waals surface area contributed by atoms with Crippen LogP contribution in [-0.4, -0.2) is 37.7 Å². The highest BCUT2D eigenvalue weighted by Gasteiger charge is 2.32. The van der Waals surface area contributed by atoms with Crippen LogP contribution in [-0.2, 0) is 13.0 Å². The molecular weight excluding hydrogens is 336 g/mol. The fourth-order valence-electron chi connectivity index (χ4n) is 3.13. The molecule has 1 saturated heterocycles. The van der Waals surface area contributed by atoms with Gasteiger partial charge < -0.3 is 14.7 Å². The predicted molar refractivity (Wildman–Crippen MR) is 88.7 cm³/mol. The van der Waals surface area contributed by atoms with Crippen LogP contribution in [0.4, 0.5) is 0 Å². The van der Waals surface area contributed by atoms with Crippen LogP contribution in [0.3, 0.4) is 0 Å². The highest BCUT2D eigenvalue weighted by molar-refractivity contribution is 5.88. The lowest BCUT2D eigenvalue weighted by Crippen LogP contribution is -2.23. The van der Waals surface area contributed by atoms with Gasteiger partial charge in [0.25, 0.3) is 11.7 Å². The van der Waals surface area contributed by atoms with E-state index in [1.807, 2.05) is 30.3 Å². The summed E-state index contributed by atoms with van der Waals surface area (Å²) >= 11 is 0. The molecule has 2 N–H and O–H groups in total. The van der Waals surface area contributed by atoms with E-state index >= 15 is 0 Å². The first-order valence-corrected chi connectivity index (χ1v) is 8.41. The quantitative estimate of drug-likeness (QED) is 0.706. The summed E-state index contributed by atoms with van der Waals surface area (Å²) in [5.74, 6) is 0.704. The van der Waals surface area contributed by atoms with E-state index < -0.39 is 5.91 Å². The first-order chi connectivity index (χ1) is 12.7. The fraction of sp³-hybridized carbons (Fsp3) is 0.353. The van der Waals surface area contributed by atoms with Gasteiger partial charge >= 0.3 is 0 Å². The summed E-state index contributed by atoms with van der Waals surface area (Å²) in [5.41, 5.74) is 6.30. The van der Waals surface area contributed by atoms with Crippen LogP contribution in [0, 0.1) is 0 Å². The van der Waals surface area contributed by atoms with E-state index in [9.17, 15) is 4.79 Å². The molecule has 9 nitrogen and oxygen atoms in total. The normalized spacial score (nSPS) is 17.6. The second kappa shape index (κ2) is 7.04. The molecule has 1 aromatic carbocycles. The number of nitrogens with two attached hydrogens (primary N) is 1. The van der Waals surface area contributed by atoms with E-state index in [1.54, 1.807) is 0 Å². The monoisotopic (exact) mass is 354 g/mol. The summed E-state index contributed by atoms with van der Waals surface area (Å²) in [6.07, 6.45) is 2.43. The van der Waals surface area contributed by atoms with Gasteiger partial charge in [-0.25, -0.2) is 0 Å². The minimum Gasteiger partial charge on any atom is -0.424 e. The molecule has 1 aliphatic heterocycles. The third-order valence-corrected chi connectivity index (χ3v) is 4.36. The van der Waals surface area contributed by atoms with Gasteiger partial charge in [-0.15, -0.1) is 10.2 Å². The van der Waals surface area contributed by atoms with E-state index in [2.05, 4.69) is 25.2 Å². The second-order valence-electron chi connectivity index (χ2n) is 6.20. The molecule has 1 atom stereocenters. The summed E-state index contributed by atoms with van der Waals surface area (Å²) in [4.78, 5) is 17.4. The Morgan fingerprint density at radius 3 is 2.81 bits per heavy atom. The SMILES string of the molecule is NC(=O)c1noc([C@H]2CCCN2Cc2nnc(Cc3ccccc3)o2)n1. The molecule has 3 heterocycles. The molecule has 0 aliphatic carbocycles. The van der Waals surface area contributed by atoms with Gasteiger partial charge in [-0.05, 0) is 24.9 Å². The molecular formula is C17H18N6O3. The topological polar surface area (TPSA) is 124 Å². The van der Waals surface area contributed by atoms with E-state index in [-0.39, 0.29) is 11.9 Å². The van der Waals surface area contributed by atoms with E-state index in [0.717, 1.165) is 24.9 Å². The van der Waals surface area contributed by atoms with Crippen molar-refractivity contribution in [3.05, 3.63) is 59.4 Å². The van der Waals surface area contributed by atoms with Crippen molar-refractivity contribution in [2.24, 2.45) is 5.73 Å². The third kappa shape index (κ3) is 3.47. The Kier molecular flexibility index (Phi) is 4.44. The molecule has 1 amide bonds. The number of carbonyl (C=O) groups is 1. The van der Waals surface area contributed by atoms with Crippen molar-refractivity contribution in [2.75, 3.05) is 6.54 Å². The van der Waals surface area contributed by atoms with Gasteiger partial charge in [-0.1, -0.05) is 35.5 Å². The number of hydrogen-bond donors (Lipinski definition) is 1. The van der Waals surface area contributed by atoms with Gasteiger partial charge in [0, 0.05) is 0 Å². The number of likely N-dealkylation sites (tertiary alicyclic amines) is 1. The van der Waals surface area contributed by atoms with Crippen LogP contribution >= 0.6 is 0 Å². The van der Waals surface area contributed by atoms with E-state index in [1.165, 1.54) is 0 Å². The molecule has 0 spiro atoms. The lowest BCUT2D eigenvalue weighted by atomic mass is 10.2. The minimum atomic E-state index is -0.702. The van der Waals surface area contributed by atoms with Crippen molar-refractivity contribution in [3.8, 4) is 0 Å². The zero-order chi connectivity index (χ0) is 17.9.